The summed E-state index contributed by atoms with van der Waals surface area (Å²) in [6.45, 7) is 0.796. The lowest BCUT2D eigenvalue weighted by molar-refractivity contribution is 0.556. The highest BCUT2D eigenvalue weighted by Crippen LogP contribution is 2.28. The van der Waals surface area contributed by atoms with Gasteiger partial charge in [-0.2, -0.15) is 0 Å². The summed E-state index contributed by atoms with van der Waals surface area (Å²) in [5.74, 6) is 0.360. The topological polar surface area (TPSA) is 46.2 Å². The molecule has 5 heteroatoms. The summed E-state index contributed by atoms with van der Waals surface area (Å²) < 4.78 is 22.7. The minimum atomic E-state index is -2.93. The van der Waals surface area contributed by atoms with Gasteiger partial charge in [0, 0.05) is 23.9 Å². The third-order valence-electron chi connectivity index (χ3n) is 3.41. The molecule has 0 aromatic heterocycles. The monoisotopic (exact) mass is 301 g/mol. The summed E-state index contributed by atoms with van der Waals surface area (Å²) in [4.78, 5) is 0. The molecule has 106 valence electrons. The Morgan fingerprint density at radius 2 is 2.05 bits per heavy atom. The molecule has 1 aromatic rings. The Morgan fingerprint density at radius 3 is 2.63 bits per heavy atom. The van der Waals surface area contributed by atoms with Crippen molar-refractivity contribution in [2.75, 3.05) is 18.6 Å². The van der Waals surface area contributed by atoms with Crippen LogP contribution in [-0.4, -0.2) is 33.0 Å². The summed E-state index contributed by atoms with van der Waals surface area (Å²) in [6, 6.07) is 8.31. The second-order valence-electron chi connectivity index (χ2n) is 5.32. The Balaban J connectivity index is 2.05. The molecule has 0 heterocycles. The number of rotatable bonds is 7. The number of sulfone groups is 1. The number of hydrogen-bond donors (Lipinski definition) is 1. The first-order valence-electron chi connectivity index (χ1n) is 6.61. The molecule has 1 fully saturated rings. The lowest BCUT2D eigenvalue weighted by atomic mass is 9.96. The van der Waals surface area contributed by atoms with Crippen molar-refractivity contribution in [2.45, 2.75) is 31.2 Å². The zero-order valence-electron chi connectivity index (χ0n) is 11.1. The van der Waals surface area contributed by atoms with Gasteiger partial charge in [0.1, 0.15) is 9.84 Å². The van der Waals surface area contributed by atoms with Crippen LogP contribution in [0, 0.1) is 0 Å². The van der Waals surface area contributed by atoms with Crippen LogP contribution in [0.1, 0.15) is 30.7 Å². The van der Waals surface area contributed by atoms with Crippen LogP contribution in [0.2, 0.25) is 5.02 Å². The Bertz CT molecular complexity index is 526. The van der Waals surface area contributed by atoms with Crippen molar-refractivity contribution in [1.29, 1.82) is 0 Å². The van der Waals surface area contributed by atoms with E-state index in [0.717, 1.165) is 17.1 Å². The summed E-state index contributed by atoms with van der Waals surface area (Å²) in [5, 5.41) is 4.19. The van der Waals surface area contributed by atoms with Crippen molar-refractivity contribution in [3.8, 4) is 0 Å². The SMILES string of the molecule is CS(=O)(=O)CCC(CNC1CC1)c1ccccc1Cl. The van der Waals surface area contributed by atoms with Gasteiger partial charge in [0.05, 0.1) is 5.75 Å². The Morgan fingerprint density at radius 1 is 1.37 bits per heavy atom. The second kappa shape index (κ2) is 6.25. The van der Waals surface area contributed by atoms with E-state index in [-0.39, 0.29) is 11.7 Å². The van der Waals surface area contributed by atoms with E-state index in [0.29, 0.717) is 12.5 Å². The molecule has 0 aliphatic heterocycles. The number of nitrogens with one attached hydrogen (secondary N) is 1. The molecule has 1 atom stereocenters. The van der Waals surface area contributed by atoms with Crippen LogP contribution < -0.4 is 5.32 Å². The van der Waals surface area contributed by atoms with Crippen molar-refractivity contribution in [1.82, 2.24) is 5.32 Å². The quantitative estimate of drug-likeness (QED) is 0.842. The zero-order valence-corrected chi connectivity index (χ0v) is 12.7. The maximum Gasteiger partial charge on any atom is 0.147 e. The van der Waals surface area contributed by atoms with E-state index < -0.39 is 9.84 Å². The van der Waals surface area contributed by atoms with E-state index in [1.807, 2.05) is 24.3 Å². The van der Waals surface area contributed by atoms with Gasteiger partial charge in [-0.3, -0.25) is 0 Å². The molecule has 0 amide bonds. The van der Waals surface area contributed by atoms with Gasteiger partial charge in [0.15, 0.2) is 0 Å². The van der Waals surface area contributed by atoms with Gasteiger partial charge in [0.25, 0.3) is 0 Å². The smallest absolute Gasteiger partial charge is 0.147 e. The lowest BCUT2D eigenvalue weighted by Crippen LogP contribution is -2.25. The standard InChI is InChI=1S/C14H20ClNO2S/c1-19(17,18)9-8-11(10-16-12-6-7-12)13-4-2-3-5-14(13)15/h2-5,11-12,16H,6-10H2,1H3. The van der Waals surface area contributed by atoms with Crippen molar-refractivity contribution in [3.05, 3.63) is 34.9 Å². The highest BCUT2D eigenvalue weighted by Gasteiger charge is 2.23. The molecule has 2 rings (SSSR count). The molecule has 1 saturated carbocycles. The fourth-order valence-electron chi connectivity index (χ4n) is 2.13. The van der Waals surface area contributed by atoms with Crippen molar-refractivity contribution >= 4 is 21.4 Å². The van der Waals surface area contributed by atoms with Crippen molar-refractivity contribution < 1.29 is 8.42 Å². The Labute approximate surface area is 120 Å². The number of halogens is 1. The molecule has 1 aromatic carbocycles. The van der Waals surface area contributed by atoms with Gasteiger partial charge in [0.2, 0.25) is 0 Å². The molecule has 1 aliphatic rings. The summed E-state index contributed by atoms with van der Waals surface area (Å²) in [6.07, 6.45) is 4.34. The predicted octanol–water partition coefficient (Wildman–Crippen LogP) is 2.61. The highest BCUT2D eigenvalue weighted by molar-refractivity contribution is 7.90. The first kappa shape index (κ1) is 14.8. The lowest BCUT2D eigenvalue weighted by Gasteiger charge is -2.19. The first-order chi connectivity index (χ1) is 8.96. The molecule has 1 N–H and O–H groups in total. The Kier molecular flexibility index (Phi) is 4.87. The van der Waals surface area contributed by atoms with Crippen LogP contribution in [-0.2, 0) is 9.84 Å². The van der Waals surface area contributed by atoms with Crippen LogP contribution >= 0.6 is 11.6 Å². The van der Waals surface area contributed by atoms with E-state index in [9.17, 15) is 8.42 Å². The molecule has 1 aliphatic carbocycles. The maximum atomic E-state index is 11.3. The van der Waals surface area contributed by atoms with E-state index in [1.165, 1.54) is 19.1 Å². The maximum absolute atomic E-state index is 11.3. The highest BCUT2D eigenvalue weighted by atomic mass is 35.5. The summed E-state index contributed by atoms with van der Waals surface area (Å²) in [5.41, 5.74) is 1.04. The normalized spacial score (nSPS) is 17.4. The average Bonchev–Trinajstić information content (AvgIpc) is 3.13. The third kappa shape index (κ3) is 5.13. The second-order valence-corrected chi connectivity index (χ2v) is 7.99. The van der Waals surface area contributed by atoms with Gasteiger partial charge in [-0.1, -0.05) is 29.8 Å². The molecule has 1 unspecified atom stereocenters. The molecule has 19 heavy (non-hydrogen) atoms. The van der Waals surface area contributed by atoms with Crippen LogP contribution in [0.5, 0.6) is 0 Å². The zero-order chi connectivity index (χ0) is 13.9. The van der Waals surface area contributed by atoms with Crippen LogP contribution in [0.15, 0.2) is 24.3 Å². The number of hydrogen-bond acceptors (Lipinski definition) is 3. The van der Waals surface area contributed by atoms with Crippen LogP contribution in [0.3, 0.4) is 0 Å². The molecular weight excluding hydrogens is 282 g/mol. The van der Waals surface area contributed by atoms with Crippen molar-refractivity contribution in [3.63, 3.8) is 0 Å². The predicted molar refractivity (Wildman–Crippen MR) is 79.5 cm³/mol. The molecule has 0 radical (unpaired) electrons. The first-order valence-corrected chi connectivity index (χ1v) is 9.05. The van der Waals surface area contributed by atoms with Crippen LogP contribution in [0.4, 0.5) is 0 Å². The van der Waals surface area contributed by atoms with E-state index in [4.69, 9.17) is 11.6 Å². The largest absolute Gasteiger partial charge is 0.313 e. The third-order valence-corrected chi connectivity index (χ3v) is 4.73. The van der Waals surface area contributed by atoms with Gasteiger partial charge < -0.3 is 5.32 Å². The Hall–Kier alpha value is -0.580. The average molecular weight is 302 g/mol. The van der Waals surface area contributed by atoms with E-state index in [2.05, 4.69) is 5.32 Å². The summed E-state index contributed by atoms with van der Waals surface area (Å²) in [7, 11) is -2.93. The van der Waals surface area contributed by atoms with Gasteiger partial charge in [-0.15, -0.1) is 0 Å². The summed E-state index contributed by atoms with van der Waals surface area (Å²) >= 11 is 6.22. The van der Waals surface area contributed by atoms with Gasteiger partial charge >= 0.3 is 0 Å². The molecule has 3 nitrogen and oxygen atoms in total. The molecule has 0 spiro atoms. The molecule has 0 saturated heterocycles. The fourth-order valence-corrected chi connectivity index (χ4v) is 3.13. The minimum absolute atomic E-state index is 0.157. The molecule has 0 bridgehead atoms. The van der Waals surface area contributed by atoms with Crippen LogP contribution in [0.25, 0.3) is 0 Å². The molecular formula is C14H20ClNO2S. The van der Waals surface area contributed by atoms with E-state index >= 15 is 0 Å². The van der Waals surface area contributed by atoms with Gasteiger partial charge in [-0.25, -0.2) is 8.42 Å². The fraction of sp³-hybridized carbons (Fsp3) is 0.571. The van der Waals surface area contributed by atoms with Gasteiger partial charge in [-0.05, 0) is 36.8 Å². The number of benzene rings is 1. The van der Waals surface area contributed by atoms with E-state index in [1.54, 1.807) is 0 Å². The van der Waals surface area contributed by atoms with Crippen molar-refractivity contribution in [2.24, 2.45) is 0 Å². The minimum Gasteiger partial charge on any atom is -0.313 e.